The summed E-state index contributed by atoms with van der Waals surface area (Å²) in [4.78, 5) is 4.52. The molecule has 2 aromatic rings. The highest BCUT2D eigenvalue weighted by atomic mass is 16.3. The molecule has 18 heavy (non-hydrogen) atoms. The molecule has 0 aliphatic heterocycles. The molecular formula is C15H20N2O. The first-order valence-electron chi connectivity index (χ1n) is 6.49. The van der Waals surface area contributed by atoms with Gasteiger partial charge in [0, 0.05) is 11.9 Å². The standard InChI is InChI=1S/C15H20N2O/c1-3-15(18,4-2)11-16-14-10-9-12-7-5-6-8-13(12)17-14/h5-10,18H,3-4,11H2,1-2H3,(H,16,17). The van der Waals surface area contributed by atoms with E-state index in [-0.39, 0.29) is 0 Å². The number of benzene rings is 1. The van der Waals surface area contributed by atoms with Gasteiger partial charge in [0.25, 0.3) is 0 Å². The van der Waals surface area contributed by atoms with Crippen LogP contribution in [0.15, 0.2) is 36.4 Å². The van der Waals surface area contributed by atoms with E-state index in [1.165, 1.54) is 0 Å². The van der Waals surface area contributed by atoms with Gasteiger partial charge in [-0.1, -0.05) is 32.0 Å². The molecule has 0 radical (unpaired) electrons. The van der Waals surface area contributed by atoms with Gasteiger partial charge in [0.15, 0.2) is 0 Å². The molecule has 96 valence electrons. The minimum Gasteiger partial charge on any atom is -0.388 e. The highest BCUT2D eigenvalue weighted by Crippen LogP contribution is 2.18. The Morgan fingerprint density at radius 3 is 2.56 bits per heavy atom. The minimum atomic E-state index is -0.646. The monoisotopic (exact) mass is 244 g/mol. The van der Waals surface area contributed by atoms with Gasteiger partial charge in [0.1, 0.15) is 5.82 Å². The molecule has 0 atom stereocenters. The number of hydrogen-bond acceptors (Lipinski definition) is 3. The van der Waals surface area contributed by atoms with E-state index in [1.807, 2.05) is 50.2 Å². The van der Waals surface area contributed by atoms with Crippen molar-refractivity contribution in [3.8, 4) is 0 Å². The molecule has 0 aliphatic rings. The number of aromatic nitrogens is 1. The van der Waals surface area contributed by atoms with E-state index >= 15 is 0 Å². The van der Waals surface area contributed by atoms with Crippen LogP contribution in [0.1, 0.15) is 26.7 Å². The molecule has 0 fully saturated rings. The molecule has 0 saturated heterocycles. The van der Waals surface area contributed by atoms with Gasteiger partial charge in [0.05, 0.1) is 11.1 Å². The highest BCUT2D eigenvalue weighted by molar-refractivity contribution is 5.80. The molecule has 0 saturated carbocycles. The number of para-hydroxylation sites is 1. The quantitative estimate of drug-likeness (QED) is 0.849. The van der Waals surface area contributed by atoms with Crippen LogP contribution in [0.4, 0.5) is 5.82 Å². The molecule has 0 spiro atoms. The molecular weight excluding hydrogens is 224 g/mol. The summed E-state index contributed by atoms with van der Waals surface area (Å²) in [7, 11) is 0. The summed E-state index contributed by atoms with van der Waals surface area (Å²) in [6, 6.07) is 12.0. The van der Waals surface area contributed by atoms with Gasteiger partial charge in [-0.2, -0.15) is 0 Å². The first-order chi connectivity index (χ1) is 8.67. The Morgan fingerprint density at radius 2 is 1.83 bits per heavy atom. The molecule has 0 unspecified atom stereocenters. The van der Waals surface area contributed by atoms with Gasteiger partial charge in [-0.15, -0.1) is 0 Å². The third-order valence-corrected chi connectivity index (χ3v) is 3.51. The summed E-state index contributed by atoms with van der Waals surface area (Å²) >= 11 is 0. The fourth-order valence-corrected chi connectivity index (χ4v) is 1.92. The van der Waals surface area contributed by atoms with E-state index in [9.17, 15) is 5.11 Å². The number of nitrogens with zero attached hydrogens (tertiary/aromatic N) is 1. The molecule has 0 bridgehead atoms. The van der Waals surface area contributed by atoms with Crippen LogP contribution in [0, 0.1) is 0 Å². The number of rotatable bonds is 5. The minimum absolute atomic E-state index is 0.533. The lowest BCUT2D eigenvalue weighted by atomic mass is 9.98. The van der Waals surface area contributed by atoms with Gasteiger partial charge in [0.2, 0.25) is 0 Å². The second-order valence-corrected chi connectivity index (χ2v) is 4.67. The predicted octanol–water partition coefficient (Wildman–Crippen LogP) is 3.20. The average Bonchev–Trinajstić information content (AvgIpc) is 2.44. The summed E-state index contributed by atoms with van der Waals surface area (Å²) in [5, 5.41) is 14.6. The fraction of sp³-hybridized carbons (Fsp3) is 0.400. The normalized spacial score (nSPS) is 11.7. The smallest absolute Gasteiger partial charge is 0.126 e. The number of hydrogen-bond donors (Lipinski definition) is 2. The van der Waals surface area contributed by atoms with E-state index in [0.29, 0.717) is 6.54 Å². The third kappa shape index (κ3) is 2.79. The molecule has 0 amide bonds. The molecule has 2 N–H and O–H groups in total. The lowest BCUT2D eigenvalue weighted by molar-refractivity contribution is 0.0456. The van der Waals surface area contributed by atoms with Gasteiger partial charge < -0.3 is 10.4 Å². The van der Waals surface area contributed by atoms with Crippen LogP contribution >= 0.6 is 0 Å². The van der Waals surface area contributed by atoms with Gasteiger partial charge in [-0.3, -0.25) is 0 Å². The van der Waals surface area contributed by atoms with Crippen LogP contribution in [0.25, 0.3) is 10.9 Å². The number of fused-ring (bicyclic) bond motifs is 1. The fourth-order valence-electron chi connectivity index (χ4n) is 1.92. The van der Waals surface area contributed by atoms with Crippen LogP contribution in [0.5, 0.6) is 0 Å². The number of nitrogens with one attached hydrogen (secondary N) is 1. The summed E-state index contributed by atoms with van der Waals surface area (Å²) in [5.74, 6) is 0.814. The van der Waals surface area contributed by atoms with Crippen LogP contribution in [0.3, 0.4) is 0 Å². The summed E-state index contributed by atoms with van der Waals surface area (Å²) in [6.07, 6.45) is 1.48. The number of pyridine rings is 1. The number of anilines is 1. The Morgan fingerprint density at radius 1 is 1.11 bits per heavy atom. The summed E-state index contributed by atoms with van der Waals surface area (Å²) in [5.41, 5.74) is 0.326. The molecule has 0 aliphatic carbocycles. The van der Waals surface area contributed by atoms with Crippen molar-refractivity contribution in [2.45, 2.75) is 32.3 Å². The van der Waals surface area contributed by atoms with Gasteiger partial charge >= 0.3 is 0 Å². The van der Waals surface area contributed by atoms with Crippen molar-refractivity contribution in [3.63, 3.8) is 0 Å². The maximum absolute atomic E-state index is 10.2. The zero-order valence-electron chi connectivity index (χ0n) is 11.0. The molecule has 1 aromatic heterocycles. The maximum atomic E-state index is 10.2. The average molecular weight is 244 g/mol. The van der Waals surface area contributed by atoms with Gasteiger partial charge in [-0.25, -0.2) is 4.98 Å². The van der Waals surface area contributed by atoms with Crippen molar-refractivity contribution < 1.29 is 5.11 Å². The van der Waals surface area contributed by atoms with Crippen molar-refractivity contribution in [2.24, 2.45) is 0 Å². The summed E-state index contributed by atoms with van der Waals surface area (Å²) in [6.45, 7) is 4.53. The highest BCUT2D eigenvalue weighted by Gasteiger charge is 2.21. The van der Waals surface area contributed by atoms with E-state index in [2.05, 4.69) is 10.3 Å². The molecule has 1 aromatic carbocycles. The second-order valence-electron chi connectivity index (χ2n) is 4.67. The van der Waals surface area contributed by atoms with E-state index in [4.69, 9.17) is 0 Å². The lowest BCUT2D eigenvalue weighted by Gasteiger charge is -2.25. The Bertz CT molecular complexity index is 521. The van der Waals surface area contributed by atoms with Crippen molar-refractivity contribution in [3.05, 3.63) is 36.4 Å². The van der Waals surface area contributed by atoms with E-state index in [1.54, 1.807) is 0 Å². The predicted molar refractivity (Wildman–Crippen MR) is 75.8 cm³/mol. The Balaban J connectivity index is 2.12. The Labute approximate surface area is 108 Å². The van der Waals surface area contributed by atoms with E-state index in [0.717, 1.165) is 29.6 Å². The molecule has 3 nitrogen and oxygen atoms in total. The SMILES string of the molecule is CCC(O)(CC)CNc1ccc2ccccc2n1. The third-order valence-electron chi connectivity index (χ3n) is 3.51. The van der Waals surface area contributed by atoms with Crippen LogP contribution in [0.2, 0.25) is 0 Å². The second kappa shape index (κ2) is 5.36. The van der Waals surface area contributed by atoms with Crippen LogP contribution in [-0.2, 0) is 0 Å². The zero-order chi connectivity index (χ0) is 13.0. The van der Waals surface area contributed by atoms with Crippen LogP contribution < -0.4 is 5.32 Å². The molecule has 3 heteroatoms. The number of aliphatic hydroxyl groups is 1. The lowest BCUT2D eigenvalue weighted by Crippen LogP contribution is -2.35. The molecule has 2 rings (SSSR count). The largest absolute Gasteiger partial charge is 0.388 e. The van der Waals surface area contributed by atoms with Crippen molar-refractivity contribution in [1.82, 2.24) is 4.98 Å². The Kier molecular flexibility index (Phi) is 3.82. The van der Waals surface area contributed by atoms with E-state index < -0.39 is 5.60 Å². The summed E-state index contributed by atoms with van der Waals surface area (Å²) < 4.78 is 0. The molecule has 1 heterocycles. The first-order valence-corrected chi connectivity index (χ1v) is 6.49. The van der Waals surface area contributed by atoms with Crippen molar-refractivity contribution in [2.75, 3.05) is 11.9 Å². The van der Waals surface area contributed by atoms with Gasteiger partial charge in [-0.05, 0) is 31.0 Å². The van der Waals surface area contributed by atoms with Crippen molar-refractivity contribution >= 4 is 16.7 Å². The van der Waals surface area contributed by atoms with Crippen LogP contribution in [-0.4, -0.2) is 22.2 Å². The topological polar surface area (TPSA) is 45.1 Å². The Hall–Kier alpha value is -1.61. The van der Waals surface area contributed by atoms with Crippen molar-refractivity contribution in [1.29, 1.82) is 0 Å². The maximum Gasteiger partial charge on any atom is 0.126 e. The zero-order valence-corrected chi connectivity index (χ0v) is 11.0. The first kappa shape index (κ1) is 12.8.